The molecule has 7 heteroatoms. The van der Waals surface area contributed by atoms with E-state index in [1.54, 1.807) is 4.52 Å². The van der Waals surface area contributed by atoms with Crippen molar-refractivity contribution in [2.24, 2.45) is 0 Å². The van der Waals surface area contributed by atoms with Gasteiger partial charge in [-0.15, -0.1) is 5.10 Å². The van der Waals surface area contributed by atoms with Crippen LogP contribution in [0.4, 0.5) is 0 Å². The highest BCUT2D eigenvalue weighted by atomic mass is 32.2. The van der Waals surface area contributed by atoms with Crippen molar-refractivity contribution in [1.82, 2.24) is 24.9 Å². The number of allylic oxidation sites excluding steroid dienone is 1. The summed E-state index contributed by atoms with van der Waals surface area (Å²) in [6.45, 7) is 6.50. The molecular formula is C18H25N5OS. The number of nitrogens with one attached hydrogen (secondary N) is 1. The molecule has 0 unspecified atom stereocenters. The van der Waals surface area contributed by atoms with Crippen LogP contribution in [0, 0.1) is 13.8 Å². The fraction of sp³-hybridized carbons (Fsp3) is 0.556. The molecule has 134 valence electrons. The molecule has 2 aromatic rings. The molecule has 0 saturated carbocycles. The van der Waals surface area contributed by atoms with Gasteiger partial charge in [0.25, 0.3) is 5.78 Å². The zero-order valence-corrected chi connectivity index (χ0v) is 15.9. The van der Waals surface area contributed by atoms with Crippen molar-refractivity contribution < 1.29 is 4.79 Å². The highest BCUT2D eigenvalue weighted by Crippen LogP contribution is 2.22. The summed E-state index contributed by atoms with van der Waals surface area (Å²) in [6.07, 6.45) is 8.21. The smallest absolute Gasteiger partial charge is 0.253 e. The molecule has 0 aromatic carbocycles. The second-order valence-electron chi connectivity index (χ2n) is 6.55. The number of amides is 1. The minimum atomic E-state index is -0.237. The molecule has 1 N–H and O–H groups in total. The van der Waals surface area contributed by atoms with Crippen molar-refractivity contribution in [3.8, 4) is 0 Å². The molecular weight excluding hydrogens is 334 g/mol. The zero-order chi connectivity index (χ0) is 17.8. The number of thioether (sulfide) groups is 1. The SMILES string of the molecule is Cc1cc(C)n2nc(S[C@@H](C)C(=O)NCCC3=CCCCC3)nc2n1. The van der Waals surface area contributed by atoms with Crippen LogP contribution in [0.2, 0.25) is 0 Å². The molecule has 2 heterocycles. The molecule has 0 aliphatic heterocycles. The Balaban J connectivity index is 1.54. The highest BCUT2D eigenvalue weighted by Gasteiger charge is 2.18. The first-order valence-corrected chi connectivity index (χ1v) is 9.74. The van der Waals surface area contributed by atoms with Gasteiger partial charge in [0.2, 0.25) is 11.1 Å². The second kappa shape index (κ2) is 7.99. The molecule has 3 rings (SSSR count). The van der Waals surface area contributed by atoms with E-state index in [0.29, 0.717) is 17.5 Å². The third-order valence-electron chi connectivity index (χ3n) is 4.38. The summed E-state index contributed by atoms with van der Waals surface area (Å²) in [5, 5.41) is 7.82. The van der Waals surface area contributed by atoms with Gasteiger partial charge in [0, 0.05) is 17.9 Å². The molecule has 0 fully saturated rings. The Morgan fingerprint density at radius 3 is 2.96 bits per heavy atom. The number of hydrogen-bond donors (Lipinski definition) is 1. The largest absolute Gasteiger partial charge is 0.355 e. The lowest BCUT2D eigenvalue weighted by molar-refractivity contribution is -0.120. The van der Waals surface area contributed by atoms with Gasteiger partial charge in [-0.2, -0.15) is 4.98 Å². The van der Waals surface area contributed by atoms with Gasteiger partial charge in [0.15, 0.2) is 0 Å². The first-order chi connectivity index (χ1) is 12.0. The third kappa shape index (κ3) is 4.60. The van der Waals surface area contributed by atoms with Gasteiger partial charge >= 0.3 is 0 Å². The average molecular weight is 359 g/mol. The Kier molecular flexibility index (Phi) is 5.73. The summed E-state index contributed by atoms with van der Waals surface area (Å²) >= 11 is 1.37. The van der Waals surface area contributed by atoms with Gasteiger partial charge < -0.3 is 5.32 Å². The first kappa shape index (κ1) is 17.9. The summed E-state index contributed by atoms with van der Waals surface area (Å²) in [7, 11) is 0. The van der Waals surface area contributed by atoms with E-state index in [1.165, 1.54) is 43.0 Å². The molecule has 1 amide bonds. The molecule has 1 aliphatic carbocycles. The number of nitrogens with zero attached hydrogens (tertiary/aromatic N) is 4. The third-order valence-corrected chi connectivity index (χ3v) is 5.33. The fourth-order valence-corrected chi connectivity index (χ4v) is 3.80. The number of carbonyl (C=O) groups excluding carboxylic acids is 1. The Morgan fingerprint density at radius 1 is 1.36 bits per heavy atom. The van der Waals surface area contributed by atoms with Gasteiger partial charge in [-0.05, 0) is 58.9 Å². The Hall–Kier alpha value is -1.89. The van der Waals surface area contributed by atoms with Crippen LogP contribution < -0.4 is 5.32 Å². The maximum atomic E-state index is 12.3. The Bertz CT molecular complexity index is 798. The summed E-state index contributed by atoms with van der Waals surface area (Å²) < 4.78 is 1.72. The average Bonchev–Trinajstić information content (AvgIpc) is 2.98. The van der Waals surface area contributed by atoms with Crippen molar-refractivity contribution in [2.45, 2.75) is 63.3 Å². The maximum absolute atomic E-state index is 12.3. The fourth-order valence-electron chi connectivity index (χ4n) is 3.03. The first-order valence-electron chi connectivity index (χ1n) is 8.86. The predicted molar refractivity (Wildman–Crippen MR) is 99.8 cm³/mol. The van der Waals surface area contributed by atoms with Crippen LogP contribution in [0.5, 0.6) is 0 Å². The molecule has 2 aromatic heterocycles. The second-order valence-corrected chi connectivity index (χ2v) is 7.86. The number of aromatic nitrogens is 4. The van der Waals surface area contributed by atoms with E-state index in [9.17, 15) is 4.79 Å². The minimum Gasteiger partial charge on any atom is -0.355 e. The molecule has 0 bridgehead atoms. The summed E-state index contributed by atoms with van der Waals surface area (Å²) in [4.78, 5) is 21.1. The number of hydrogen-bond acceptors (Lipinski definition) is 5. The van der Waals surface area contributed by atoms with Crippen LogP contribution in [0.25, 0.3) is 5.78 Å². The lowest BCUT2D eigenvalue weighted by Crippen LogP contribution is -2.32. The molecule has 0 saturated heterocycles. The van der Waals surface area contributed by atoms with E-state index < -0.39 is 0 Å². The van der Waals surface area contributed by atoms with Crippen LogP contribution in [0.1, 0.15) is 50.4 Å². The van der Waals surface area contributed by atoms with Crippen molar-refractivity contribution in [3.63, 3.8) is 0 Å². The van der Waals surface area contributed by atoms with Gasteiger partial charge in [-0.1, -0.05) is 23.4 Å². The number of aryl methyl sites for hydroxylation is 2. The normalized spacial score (nSPS) is 15.9. The van der Waals surface area contributed by atoms with Crippen LogP contribution in [0.3, 0.4) is 0 Å². The Labute approximate surface area is 152 Å². The molecule has 25 heavy (non-hydrogen) atoms. The lowest BCUT2D eigenvalue weighted by Gasteiger charge is -2.14. The van der Waals surface area contributed by atoms with Gasteiger partial charge in [-0.25, -0.2) is 9.50 Å². The summed E-state index contributed by atoms with van der Waals surface area (Å²) in [5.41, 5.74) is 3.38. The monoisotopic (exact) mass is 359 g/mol. The van der Waals surface area contributed by atoms with Crippen LogP contribution in [0.15, 0.2) is 22.9 Å². The van der Waals surface area contributed by atoms with Crippen molar-refractivity contribution >= 4 is 23.4 Å². The van der Waals surface area contributed by atoms with Crippen molar-refractivity contribution in [1.29, 1.82) is 0 Å². The van der Waals surface area contributed by atoms with Gasteiger partial charge in [-0.3, -0.25) is 4.79 Å². The number of carbonyl (C=O) groups is 1. The summed E-state index contributed by atoms with van der Waals surface area (Å²) in [5.74, 6) is 0.609. The Morgan fingerprint density at radius 2 is 2.20 bits per heavy atom. The predicted octanol–water partition coefficient (Wildman–Crippen LogP) is 3.23. The molecule has 1 atom stereocenters. The highest BCUT2D eigenvalue weighted by molar-refractivity contribution is 8.00. The topological polar surface area (TPSA) is 72.2 Å². The van der Waals surface area contributed by atoms with Crippen molar-refractivity contribution in [3.05, 3.63) is 29.1 Å². The van der Waals surface area contributed by atoms with Crippen LogP contribution in [-0.2, 0) is 4.79 Å². The minimum absolute atomic E-state index is 0.0288. The van der Waals surface area contributed by atoms with Crippen LogP contribution in [-0.4, -0.2) is 37.3 Å². The number of rotatable bonds is 6. The molecule has 0 spiro atoms. The van der Waals surface area contributed by atoms with Crippen LogP contribution >= 0.6 is 11.8 Å². The van der Waals surface area contributed by atoms with E-state index in [-0.39, 0.29) is 11.2 Å². The number of fused-ring (bicyclic) bond motifs is 1. The molecule has 1 aliphatic rings. The zero-order valence-electron chi connectivity index (χ0n) is 15.1. The molecule has 6 nitrogen and oxygen atoms in total. The van der Waals surface area contributed by atoms with E-state index in [4.69, 9.17) is 0 Å². The van der Waals surface area contributed by atoms with E-state index in [2.05, 4.69) is 26.5 Å². The van der Waals surface area contributed by atoms with Gasteiger partial charge in [0.1, 0.15) is 0 Å². The van der Waals surface area contributed by atoms with Crippen molar-refractivity contribution in [2.75, 3.05) is 6.54 Å². The standard InChI is InChI=1S/C18H25N5OS/c1-12-11-13(2)23-17(20-12)21-18(22-23)25-14(3)16(24)19-10-9-15-7-5-4-6-8-15/h7,11,14H,4-6,8-10H2,1-3H3,(H,19,24)/t14-/m0/s1. The van der Waals surface area contributed by atoms with E-state index in [0.717, 1.165) is 17.8 Å². The van der Waals surface area contributed by atoms with Gasteiger partial charge in [0.05, 0.1) is 5.25 Å². The lowest BCUT2D eigenvalue weighted by atomic mass is 9.97. The maximum Gasteiger partial charge on any atom is 0.253 e. The van der Waals surface area contributed by atoms with E-state index >= 15 is 0 Å². The molecule has 0 radical (unpaired) electrons. The quantitative estimate of drug-likeness (QED) is 0.633. The van der Waals surface area contributed by atoms with E-state index in [1.807, 2.05) is 26.8 Å². The summed E-state index contributed by atoms with van der Waals surface area (Å²) in [6, 6.07) is 1.96.